The average molecular weight is 224 g/mol. The second-order valence-corrected chi connectivity index (χ2v) is 6.88. The van der Waals surface area contributed by atoms with E-state index in [2.05, 4.69) is 38.0 Å². The van der Waals surface area contributed by atoms with Gasteiger partial charge in [-0.1, -0.05) is 20.8 Å². The molecule has 0 aromatic rings. The molecule has 0 aromatic heterocycles. The highest BCUT2D eigenvalue weighted by molar-refractivity contribution is 4.91. The van der Waals surface area contributed by atoms with Crippen LogP contribution < -0.4 is 5.32 Å². The lowest BCUT2D eigenvalue weighted by Crippen LogP contribution is -2.46. The number of nitrogens with zero attached hydrogens (tertiary/aromatic N) is 1. The zero-order valence-electron chi connectivity index (χ0n) is 11.4. The Morgan fingerprint density at radius 3 is 2.50 bits per heavy atom. The summed E-state index contributed by atoms with van der Waals surface area (Å²) in [5.74, 6) is 0.894. The van der Waals surface area contributed by atoms with E-state index >= 15 is 0 Å². The predicted molar refractivity (Wildman–Crippen MR) is 69.6 cm³/mol. The van der Waals surface area contributed by atoms with Crippen LogP contribution in [0.4, 0.5) is 0 Å². The summed E-state index contributed by atoms with van der Waals surface area (Å²) in [4.78, 5) is 2.66. The van der Waals surface area contributed by atoms with Crippen molar-refractivity contribution in [3.63, 3.8) is 0 Å². The fourth-order valence-corrected chi connectivity index (χ4v) is 3.89. The van der Waals surface area contributed by atoms with Crippen LogP contribution in [0.5, 0.6) is 0 Å². The molecule has 1 heterocycles. The highest BCUT2D eigenvalue weighted by Gasteiger charge is 2.36. The van der Waals surface area contributed by atoms with E-state index in [1.165, 1.54) is 38.8 Å². The van der Waals surface area contributed by atoms with Gasteiger partial charge < -0.3 is 5.32 Å². The molecule has 1 N–H and O–H groups in total. The fraction of sp³-hybridized carbons (Fsp3) is 1.00. The monoisotopic (exact) mass is 224 g/mol. The molecule has 0 spiro atoms. The van der Waals surface area contributed by atoms with Gasteiger partial charge in [0.15, 0.2) is 0 Å². The molecule has 1 saturated heterocycles. The van der Waals surface area contributed by atoms with E-state index in [4.69, 9.17) is 0 Å². The first kappa shape index (κ1) is 12.4. The fourth-order valence-electron chi connectivity index (χ4n) is 3.89. The van der Waals surface area contributed by atoms with Crippen LogP contribution >= 0.6 is 0 Å². The summed E-state index contributed by atoms with van der Waals surface area (Å²) in [7, 11) is 2.34. The third-order valence-corrected chi connectivity index (χ3v) is 4.55. The van der Waals surface area contributed by atoms with E-state index in [1.54, 1.807) is 0 Å². The summed E-state index contributed by atoms with van der Waals surface area (Å²) >= 11 is 0. The Morgan fingerprint density at radius 1 is 1.19 bits per heavy atom. The lowest BCUT2D eigenvalue weighted by molar-refractivity contribution is 0.0621. The predicted octanol–water partition coefficient (Wildman–Crippen LogP) is 2.49. The molecule has 1 saturated carbocycles. The third-order valence-electron chi connectivity index (χ3n) is 4.55. The van der Waals surface area contributed by atoms with Crippen LogP contribution in [0, 0.1) is 11.3 Å². The van der Waals surface area contributed by atoms with Crippen molar-refractivity contribution < 1.29 is 0 Å². The van der Waals surface area contributed by atoms with Gasteiger partial charge in [-0.3, -0.25) is 4.90 Å². The molecule has 94 valence electrons. The number of rotatable bonds is 2. The standard InChI is InChI=1S/C14H28N2/c1-11-7-13(9-14(2,3)8-11)16(4)12-5-6-15-10-12/h11-13,15H,5-10H2,1-4H3. The SMILES string of the molecule is CC1CC(N(C)C2CCNC2)CC(C)(C)C1. The largest absolute Gasteiger partial charge is 0.315 e. The van der Waals surface area contributed by atoms with Gasteiger partial charge in [0.05, 0.1) is 0 Å². The highest BCUT2D eigenvalue weighted by Crippen LogP contribution is 2.40. The van der Waals surface area contributed by atoms with Crippen LogP contribution in [0.25, 0.3) is 0 Å². The average Bonchev–Trinajstić information content (AvgIpc) is 2.65. The molecule has 2 aliphatic rings. The first-order chi connectivity index (χ1) is 7.48. The van der Waals surface area contributed by atoms with Crippen molar-refractivity contribution in [2.75, 3.05) is 20.1 Å². The molecule has 0 aromatic carbocycles. The normalized spacial score (nSPS) is 39.2. The lowest BCUT2D eigenvalue weighted by Gasteiger charge is -2.44. The number of hydrogen-bond acceptors (Lipinski definition) is 2. The van der Waals surface area contributed by atoms with Crippen LogP contribution in [-0.4, -0.2) is 37.1 Å². The van der Waals surface area contributed by atoms with E-state index in [9.17, 15) is 0 Å². The van der Waals surface area contributed by atoms with Gasteiger partial charge in [-0.15, -0.1) is 0 Å². The van der Waals surface area contributed by atoms with Gasteiger partial charge >= 0.3 is 0 Å². The molecule has 0 bridgehead atoms. The third kappa shape index (κ3) is 2.78. The quantitative estimate of drug-likeness (QED) is 0.775. The van der Waals surface area contributed by atoms with Gasteiger partial charge in [0.2, 0.25) is 0 Å². The first-order valence-electron chi connectivity index (χ1n) is 6.90. The Morgan fingerprint density at radius 2 is 1.94 bits per heavy atom. The zero-order valence-corrected chi connectivity index (χ0v) is 11.4. The highest BCUT2D eigenvalue weighted by atomic mass is 15.2. The molecule has 3 atom stereocenters. The topological polar surface area (TPSA) is 15.3 Å². The van der Waals surface area contributed by atoms with Crippen molar-refractivity contribution in [2.24, 2.45) is 11.3 Å². The van der Waals surface area contributed by atoms with Crippen molar-refractivity contribution in [3.8, 4) is 0 Å². The first-order valence-corrected chi connectivity index (χ1v) is 6.90. The smallest absolute Gasteiger partial charge is 0.0232 e. The maximum Gasteiger partial charge on any atom is 0.0232 e. The Kier molecular flexibility index (Phi) is 3.60. The molecular weight excluding hydrogens is 196 g/mol. The summed E-state index contributed by atoms with van der Waals surface area (Å²) < 4.78 is 0. The summed E-state index contributed by atoms with van der Waals surface area (Å²) in [6.07, 6.45) is 5.52. The minimum Gasteiger partial charge on any atom is -0.315 e. The van der Waals surface area contributed by atoms with Crippen LogP contribution in [0.2, 0.25) is 0 Å². The Hall–Kier alpha value is -0.0800. The van der Waals surface area contributed by atoms with E-state index in [0.717, 1.165) is 18.0 Å². The Labute approximate surface area is 101 Å². The lowest BCUT2D eigenvalue weighted by atomic mass is 9.70. The molecule has 2 fully saturated rings. The summed E-state index contributed by atoms with van der Waals surface area (Å²) in [5, 5.41) is 3.48. The van der Waals surface area contributed by atoms with Gasteiger partial charge in [-0.2, -0.15) is 0 Å². The zero-order chi connectivity index (χ0) is 11.8. The second kappa shape index (κ2) is 4.66. The van der Waals surface area contributed by atoms with Gasteiger partial charge in [0.1, 0.15) is 0 Å². The van der Waals surface area contributed by atoms with Gasteiger partial charge in [0.25, 0.3) is 0 Å². The summed E-state index contributed by atoms with van der Waals surface area (Å²) in [6, 6.07) is 1.59. The van der Waals surface area contributed by atoms with E-state index in [1.807, 2.05) is 0 Å². The van der Waals surface area contributed by atoms with Crippen molar-refractivity contribution >= 4 is 0 Å². The van der Waals surface area contributed by atoms with Gasteiger partial charge in [0, 0.05) is 18.6 Å². The Bertz CT molecular complexity index is 231. The summed E-state index contributed by atoms with van der Waals surface area (Å²) in [5.41, 5.74) is 0.544. The van der Waals surface area contributed by atoms with Crippen LogP contribution in [0.3, 0.4) is 0 Å². The van der Waals surface area contributed by atoms with Gasteiger partial charge in [-0.25, -0.2) is 0 Å². The second-order valence-electron chi connectivity index (χ2n) is 6.88. The minimum atomic E-state index is 0.544. The van der Waals surface area contributed by atoms with Crippen molar-refractivity contribution in [3.05, 3.63) is 0 Å². The van der Waals surface area contributed by atoms with E-state index in [-0.39, 0.29) is 0 Å². The molecule has 2 rings (SSSR count). The maximum absolute atomic E-state index is 3.48. The maximum atomic E-state index is 3.48. The molecule has 0 amide bonds. The van der Waals surface area contributed by atoms with E-state index < -0.39 is 0 Å². The van der Waals surface area contributed by atoms with Crippen LogP contribution in [0.1, 0.15) is 46.5 Å². The van der Waals surface area contributed by atoms with Crippen molar-refractivity contribution in [1.29, 1.82) is 0 Å². The van der Waals surface area contributed by atoms with Crippen molar-refractivity contribution in [2.45, 2.75) is 58.5 Å². The molecule has 0 radical (unpaired) electrons. The summed E-state index contributed by atoms with van der Waals surface area (Å²) in [6.45, 7) is 9.71. The van der Waals surface area contributed by atoms with Crippen LogP contribution in [-0.2, 0) is 0 Å². The number of hydrogen-bond donors (Lipinski definition) is 1. The molecule has 2 nitrogen and oxygen atoms in total. The molecule has 1 aliphatic carbocycles. The molecule has 1 aliphatic heterocycles. The van der Waals surface area contributed by atoms with Crippen molar-refractivity contribution in [1.82, 2.24) is 10.2 Å². The molecular formula is C14H28N2. The number of nitrogens with one attached hydrogen (secondary N) is 1. The Balaban J connectivity index is 1.97. The van der Waals surface area contributed by atoms with Gasteiger partial charge in [-0.05, 0) is 50.6 Å². The minimum absolute atomic E-state index is 0.544. The molecule has 2 heteroatoms. The molecule has 3 unspecified atom stereocenters. The van der Waals surface area contributed by atoms with Crippen LogP contribution in [0.15, 0.2) is 0 Å². The molecule has 16 heavy (non-hydrogen) atoms. The number of likely N-dealkylation sites (N-methyl/N-ethyl adjacent to an activating group) is 1. The van der Waals surface area contributed by atoms with E-state index in [0.29, 0.717) is 5.41 Å².